The van der Waals surface area contributed by atoms with Crippen LogP contribution in [0.25, 0.3) is 0 Å². The van der Waals surface area contributed by atoms with Gasteiger partial charge >= 0.3 is 0 Å². The van der Waals surface area contributed by atoms with Gasteiger partial charge in [0.2, 0.25) is 5.95 Å². The van der Waals surface area contributed by atoms with Gasteiger partial charge in [-0.3, -0.25) is 0 Å². The molecule has 1 aromatic carbocycles. The third-order valence-corrected chi connectivity index (χ3v) is 4.54. The minimum Gasteiger partial charge on any atom is -0.394 e. The Bertz CT molecular complexity index is 742. The summed E-state index contributed by atoms with van der Waals surface area (Å²) in [6.45, 7) is 7.20. The van der Waals surface area contributed by atoms with Crippen LogP contribution in [-0.4, -0.2) is 39.4 Å². The summed E-state index contributed by atoms with van der Waals surface area (Å²) < 4.78 is 0. The van der Waals surface area contributed by atoms with E-state index in [0.29, 0.717) is 5.95 Å². The number of rotatable bonds is 5. The lowest BCUT2D eigenvalue weighted by atomic mass is 9.91. The first kappa shape index (κ1) is 17.6. The fraction of sp³-hybridized carbons (Fsp3) is 0.474. The van der Waals surface area contributed by atoms with Crippen molar-refractivity contribution in [1.29, 1.82) is 0 Å². The molecule has 0 saturated carbocycles. The topological polar surface area (TPSA) is 81.5 Å². The summed E-state index contributed by atoms with van der Waals surface area (Å²) in [6, 6.07) is 8.03. The highest BCUT2D eigenvalue weighted by Gasteiger charge is 2.22. The van der Waals surface area contributed by atoms with Gasteiger partial charge in [0.25, 0.3) is 0 Å². The van der Waals surface area contributed by atoms with Gasteiger partial charge in [-0.25, -0.2) is 4.98 Å². The number of aromatic nitrogens is 2. The molecule has 0 bridgehead atoms. The van der Waals surface area contributed by atoms with E-state index in [2.05, 4.69) is 32.3 Å². The number of aliphatic hydroxyl groups is 2. The van der Waals surface area contributed by atoms with Gasteiger partial charge in [0, 0.05) is 25.3 Å². The minimum absolute atomic E-state index is 0.0359. The summed E-state index contributed by atoms with van der Waals surface area (Å²) in [5.74, 6) is 1.40. The smallest absolute Gasteiger partial charge is 0.224 e. The average Bonchev–Trinajstić information content (AvgIpc) is 2.60. The quantitative estimate of drug-likeness (QED) is 0.772. The van der Waals surface area contributed by atoms with Crippen molar-refractivity contribution in [2.45, 2.75) is 45.4 Å². The lowest BCUT2D eigenvalue weighted by Gasteiger charge is -2.31. The molecule has 2 heterocycles. The summed E-state index contributed by atoms with van der Waals surface area (Å²) in [5.41, 5.74) is 2.68. The zero-order valence-corrected chi connectivity index (χ0v) is 15.0. The Hall–Kier alpha value is -2.18. The number of nitrogens with one attached hydrogen (secondary N) is 1. The molecule has 2 aromatic rings. The Morgan fingerprint density at radius 2 is 2.08 bits per heavy atom. The highest BCUT2D eigenvalue weighted by atomic mass is 16.3. The molecule has 6 heteroatoms. The zero-order valence-electron chi connectivity index (χ0n) is 15.0. The van der Waals surface area contributed by atoms with Gasteiger partial charge in [-0.1, -0.05) is 18.2 Å². The summed E-state index contributed by atoms with van der Waals surface area (Å²) in [5, 5.41) is 22.4. The molecule has 0 radical (unpaired) electrons. The zero-order chi connectivity index (χ0) is 18.0. The normalized spacial score (nSPS) is 15.6. The number of fused-ring (bicyclic) bond motifs is 1. The molecule has 25 heavy (non-hydrogen) atoms. The largest absolute Gasteiger partial charge is 0.394 e. The molecule has 1 aliphatic rings. The van der Waals surface area contributed by atoms with E-state index in [1.54, 1.807) is 6.20 Å². The predicted molar refractivity (Wildman–Crippen MR) is 98.6 cm³/mol. The molecule has 0 fully saturated rings. The van der Waals surface area contributed by atoms with E-state index < -0.39 is 5.60 Å². The maximum absolute atomic E-state index is 10.2. The Labute approximate surface area is 148 Å². The minimum atomic E-state index is -0.817. The second-order valence-electron chi connectivity index (χ2n) is 7.18. The molecule has 134 valence electrons. The summed E-state index contributed by atoms with van der Waals surface area (Å²) in [6.07, 6.45) is 2.65. The lowest BCUT2D eigenvalue weighted by molar-refractivity contribution is 0.0785. The first-order valence-electron chi connectivity index (χ1n) is 8.67. The van der Waals surface area contributed by atoms with Crippen molar-refractivity contribution in [3.63, 3.8) is 0 Å². The van der Waals surface area contributed by atoms with Gasteiger partial charge in [-0.15, -0.1) is 0 Å². The SMILES string of the molecule is C[C@@H](CO)Nc1nccc(N2CCc3cc(C(C)(C)O)ccc3C2)n1. The third-order valence-electron chi connectivity index (χ3n) is 4.54. The van der Waals surface area contributed by atoms with E-state index in [0.717, 1.165) is 30.9 Å². The molecule has 3 N–H and O–H groups in total. The van der Waals surface area contributed by atoms with Crippen LogP contribution < -0.4 is 10.2 Å². The van der Waals surface area contributed by atoms with Crippen LogP contribution in [0, 0.1) is 0 Å². The molecular weight excluding hydrogens is 316 g/mol. The van der Waals surface area contributed by atoms with Crippen molar-refractivity contribution < 1.29 is 10.2 Å². The van der Waals surface area contributed by atoms with Gasteiger partial charge in [0.15, 0.2) is 0 Å². The number of hydrogen-bond acceptors (Lipinski definition) is 6. The molecule has 1 aliphatic heterocycles. The van der Waals surface area contributed by atoms with E-state index >= 15 is 0 Å². The monoisotopic (exact) mass is 342 g/mol. The van der Waals surface area contributed by atoms with Gasteiger partial charge in [-0.05, 0) is 49.9 Å². The number of nitrogens with zero attached hydrogens (tertiary/aromatic N) is 3. The molecular formula is C19H26N4O2. The molecule has 0 aliphatic carbocycles. The van der Waals surface area contributed by atoms with Crippen LogP contribution in [0.15, 0.2) is 30.5 Å². The molecule has 0 unspecified atom stereocenters. The maximum Gasteiger partial charge on any atom is 0.224 e. The Balaban J connectivity index is 1.78. The second kappa shape index (κ2) is 6.98. The molecule has 1 atom stereocenters. The van der Waals surface area contributed by atoms with E-state index in [1.165, 1.54) is 11.1 Å². The van der Waals surface area contributed by atoms with Crippen LogP contribution in [0.4, 0.5) is 11.8 Å². The maximum atomic E-state index is 10.2. The fourth-order valence-electron chi connectivity index (χ4n) is 2.99. The lowest BCUT2D eigenvalue weighted by Crippen LogP contribution is -2.32. The number of benzene rings is 1. The first-order valence-corrected chi connectivity index (χ1v) is 8.67. The Morgan fingerprint density at radius 1 is 1.28 bits per heavy atom. The van der Waals surface area contributed by atoms with Crippen molar-refractivity contribution in [3.8, 4) is 0 Å². The van der Waals surface area contributed by atoms with E-state index in [1.807, 2.05) is 32.9 Å². The predicted octanol–water partition coefficient (Wildman–Crippen LogP) is 2.06. The van der Waals surface area contributed by atoms with Crippen molar-refractivity contribution in [1.82, 2.24) is 9.97 Å². The van der Waals surface area contributed by atoms with Crippen LogP contribution in [0.1, 0.15) is 37.5 Å². The molecule has 0 spiro atoms. The molecule has 6 nitrogen and oxygen atoms in total. The fourth-order valence-corrected chi connectivity index (χ4v) is 2.99. The van der Waals surface area contributed by atoms with Crippen molar-refractivity contribution in [3.05, 3.63) is 47.2 Å². The van der Waals surface area contributed by atoms with Crippen LogP contribution >= 0.6 is 0 Å². The summed E-state index contributed by atoms with van der Waals surface area (Å²) >= 11 is 0. The highest BCUT2D eigenvalue weighted by molar-refractivity contribution is 5.47. The van der Waals surface area contributed by atoms with Crippen molar-refractivity contribution >= 4 is 11.8 Å². The van der Waals surface area contributed by atoms with Gasteiger partial charge in [0.05, 0.1) is 12.2 Å². The van der Waals surface area contributed by atoms with Crippen LogP contribution in [0.5, 0.6) is 0 Å². The number of hydrogen-bond donors (Lipinski definition) is 3. The molecule has 0 amide bonds. The highest BCUT2D eigenvalue weighted by Crippen LogP contribution is 2.28. The number of aliphatic hydroxyl groups excluding tert-OH is 1. The van der Waals surface area contributed by atoms with Crippen LogP contribution in [-0.2, 0) is 18.6 Å². The van der Waals surface area contributed by atoms with Crippen molar-refractivity contribution in [2.75, 3.05) is 23.4 Å². The summed E-state index contributed by atoms with van der Waals surface area (Å²) in [7, 11) is 0. The molecule has 1 aromatic heterocycles. The van der Waals surface area contributed by atoms with E-state index in [4.69, 9.17) is 5.11 Å². The van der Waals surface area contributed by atoms with Gasteiger partial charge < -0.3 is 20.4 Å². The molecule has 0 saturated heterocycles. The second-order valence-corrected chi connectivity index (χ2v) is 7.18. The van der Waals surface area contributed by atoms with E-state index in [-0.39, 0.29) is 12.6 Å². The van der Waals surface area contributed by atoms with Gasteiger partial charge in [0.1, 0.15) is 5.82 Å². The van der Waals surface area contributed by atoms with E-state index in [9.17, 15) is 5.11 Å². The number of anilines is 2. The van der Waals surface area contributed by atoms with Gasteiger partial charge in [-0.2, -0.15) is 4.98 Å². The average molecular weight is 342 g/mol. The molecule has 3 rings (SSSR count). The third kappa shape index (κ3) is 4.08. The first-order chi connectivity index (χ1) is 11.9. The van der Waals surface area contributed by atoms with Crippen LogP contribution in [0.2, 0.25) is 0 Å². The standard InChI is InChI=1S/C19H26N4O2/c1-13(12-24)21-18-20-8-6-17(22-18)23-9-7-14-10-16(19(2,3)25)5-4-15(14)11-23/h4-6,8,10,13,24-25H,7,9,11-12H2,1-3H3,(H,20,21,22)/t13-/m0/s1. The van der Waals surface area contributed by atoms with Crippen LogP contribution in [0.3, 0.4) is 0 Å². The summed E-state index contributed by atoms with van der Waals surface area (Å²) in [4.78, 5) is 11.0. The Morgan fingerprint density at radius 3 is 2.80 bits per heavy atom. The Kier molecular flexibility index (Phi) is 4.92. The van der Waals surface area contributed by atoms with Crippen molar-refractivity contribution in [2.24, 2.45) is 0 Å².